The molecule has 2 aromatic rings. The predicted molar refractivity (Wildman–Crippen MR) is 89.6 cm³/mol. The topological polar surface area (TPSA) is 37.8 Å². The molecule has 1 N–H and O–H groups in total. The number of halogens is 2. The van der Waals surface area contributed by atoms with E-state index >= 15 is 0 Å². The standard InChI is InChI=1S/C14H15FIN3S/c1-3-11-13(16)14(17-2)19-12(18-11)8-20-10-6-4-5-9(15)7-10/h4-7H,3,8H2,1-2H3,(H,17,18,19). The zero-order valence-electron chi connectivity index (χ0n) is 11.3. The summed E-state index contributed by atoms with van der Waals surface area (Å²) >= 11 is 3.79. The molecule has 0 bridgehead atoms. The van der Waals surface area contributed by atoms with Crippen LogP contribution in [0.3, 0.4) is 0 Å². The highest BCUT2D eigenvalue weighted by atomic mass is 127. The molecule has 3 nitrogen and oxygen atoms in total. The van der Waals surface area contributed by atoms with E-state index in [2.05, 4.69) is 44.8 Å². The van der Waals surface area contributed by atoms with E-state index in [9.17, 15) is 4.39 Å². The maximum Gasteiger partial charge on any atom is 0.143 e. The lowest BCUT2D eigenvalue weighted by Crippen LogP contribution is -2.06. The molecule has 1 heterocycles. The summed E-state index contributed by atoms with van der Waals surface area (Å²) in [5.41, 5.74) is 1.04. The third-order valence-electron chi connectivity index (χ3n) is 2.70. The van der Waals surface area contributed by atoms with Crippen LogP contribution in [0.4, 0.5) is 10.2 Å². The molecule has 0 spiro atoms. The molecule has 0 aliphatic carbocycles. The summed E-state index contributed by atoms with van der Waals surface area (Å²) in [5.74, 6) is 2.03. The lowest BCUT2D eigenvalue weighted by molar-refractivity contribution is 0.624. The monoisotopic (exact) mass is 403 g/mol. The van der Waals surface area contributed by atoms with Gasteiger partial charge in [-0.1, -0.05) is 13.0 Å². The first kappa shape index (κ1) is 15.5. The summed E-state index contributed by atoms with van der Waals surface area (Å²) in [4.78, 5) is 9.94. The van der Waals surface area contributed by atoms with Crippen LogP contribution in [0, 0.1) is 9.39 Å². The van der Waals surface area contributed by atoms with Crippen LogP contribution in [0.5, 0.6) is 0 Å². The van der Waals surface area contributed by atoms with Crippen molar-refractivity contribution in [2.24, 2.45) is 0 Å². The van der Waals surface area contributed by atoms with E-state index in [0.717, 1.165) is 32.2 Å². The Hall–Kier alpha value is -0.890. The third kappa shape index (κ3) is 3.82. The maximum absolute atomic E-state index is 13.1. The van der Waals surface area contributed by atoms with Gasteiger partial charge in [0.05, 0.1) is 15.0 Å². The van der Waals surface area contributed by atoms with E-state index in [1.165, 1.54) is 23.9 Å². The maximum atomic E-state index is 13.1. The Morgan fingerprint density at radius 1 is 1.35 bits per heavy atom. The Labute approximate surface area is 135 Å². The highest BCUT2D eigenvalue weighted by Gasteiger charge is 2.10. The van der Waals surface area contributed by atoms with E-state index in [0.29, 0.717) is 5.75 Å². The molecule has 2 rings (SSSR count). The Bertz CT molecular complexity index is 582. The van der Waals surface area contributed by atoms with Crippen LogP contribution in [-0.4, -0.2) is 17.0 Å². The van der Waals surface area contributed by atoms with Crippen molar-refractivity contribution in [3.8, 4) is 0 Å². The molecule has 0 aliphatic rings. The first-order chi connectivity index (χ1) is 9.63. The number of hydrogen-bond acceptors (Lipinski definition) is 4. The first-order valence-corrected chi connectivity index (χ1v) is 8.32. The van der Waals surface area contributed by atoms with Crippen molar-refractivity contribution in [2.75, 3.05) is 12.4 Å². The van der Waals surface area contributed by atoms with Gasteiger partial charge in [-0.25, -0.2) is 14.4 Å². The van der Waals surface area contributed by atoms with Crippen LogP contribution >= 0.6 is 34.4 Å². The fraction of sp³-hybridized carbons (Fsp3) is 0.286. The van der Waals surface area contributed by atoms with E-state index < -0.39 is 0 Å². The molecule has 106 valence electrons. The number of anilines is 1. The Morgan fingerprint density at radius 2 is 2.15 bits per heavy atom. The number of thioether (sulfide) groups is 1. The van der Waals surface area contributed by atoms with Gasteiger partial charge in [-0.2, -0.15) is 0 Å². The smallest absolute Gasteiger partial charge is 0.143 e. The van der Waals surface area contributed by atoms with Crippen molar-refractivity contribution in [1.82, 2.24) is 9.97 Å². The minimum Gasteiger partial charge on any atom is -0.372 e. The van der Waals surface area contributed by atoms with Crippen molar-refractivity contribution in [3.63, 3.8) is 0 Å². The second kappa shape index (κ2) is 7.21. The highest BCUT2D eigenvalue weighted by molar-refractivity contribution is 14.1. The summed E-state index contributed by atoms with van der Waals surface area (Å²) < 4.78 is 14.2. The van der Waals surface area contributed by atoms with Crippen molar-refractivity contribution in [1.29, 1.82) is 0 Å². The van der Waals surface area contributed by atoms with Gasteiger partial charge in [0, 0.05) is 11.9 Å². The minimum atomic E-state index is -0.219. The van der Waals surface area contributed by atoms with E-state index in [1.807, 2.05) is 13.1 Å². The summed E-state index contributed by atoms with van der Waals surface area (Å²) in [6, 6.07) is 6.57. The highest BCUT2D eigenvalue weighted by Crippen LogP contribution is 2.25. The molecule has 0 amide bonds. The van der Waals surface area contributed by atoms with Gasteiger partial charge >= 0.3 is 0 Å². The van der Waals surface area contributed by atoms with Gasteiger partial charge in [-0.15, -0.1) is 11.8 Å². The normalized spacial score (nSPS) is 10.6. The Morgan fingerprint density at radius 3 is 2.80 bits per heavy atom. The predicted octanol–water partition coefficient (Wildman–Crippen LogP) is 4.12. The van der Waals surface area contributed by atoms with Crippen LogP contribution in [0.1, 0.15) is 18.4 Å². The van der Waals surface area contributed by atoms with Crippen LogP contribution in [0.2, 0.25) is 0 Å². The van der Waals surface area contributed by atoms with Crippen molar-refractivity contribution < 1.29 is 4.39 Å². The molecule has 1 aromatic heterocycles. The SMILES string of the molecule is CCc1nc(CSc2cccc(F)c2)nc(NC)c1I. The molecule has 20 heavy (non-hydrogen) atoms. The number of aromatic nitrogens is 2. The number of benzene rings is 1. The molecular weight excluding hydrogens is 388 g/mol. The lowest BCUT2D eigenvalue weighted by atomic mass is 10.3. The molecular formula is C14H15FIN3S. The van der Waals surface area contributed by atoms with Gasteiger partial charge < -0.3 is 5.32 Å². The van der Waals surface area contributed by atoms with Crippen LogP contribution in [0.25, 0.3) is 0 Å². The molecule has 0 unspecified atom stereocenters. The van der Waals surface area contributed by atoms with Gasteiger partial charge in [-0.05, 0) is 47.2 Å². The summed E-state index contributed by atoms with van der Waals surface area (Å²) in [5, 5.41) is 3.09. The van der Waals surface area contributed by atoms with Gasteiger partial charge in [-0.3, -0.25) is 0 Å². The molecule has 0 fully saturated rings. The minimum absolute atomic E-state index is 0.219. The van der Waals surface area contributed by atoms with Gasteiger partial charge in [0.25, 0.3) is 0 Å². The third-order valence-corrected chi connectivity index (χ3v) is 4.83. The summed E-state index contributed by atoms with van der Waals surface area (Å²) in [6.07, 6.45) is 0.868. The van der Waals surface area contributed by atoms with Crippen molar-refractivity contribution >= 4 is 40.2 Å². The quantitative estimate of drug-likeness (QED) is 0.602. The molecule has 0 radical (unpaired) electrons. The summed E-state index contributed by atoms with van der Waals surface area (Å²) in [7, 11) is 1.85. The number of nitrogens with one attached hydrogen (secondary N) is 1. The zero-order chi connectivity index (χ0) is 14.5. The van der Waals surface area contributed by atoms with Gasteiger partial charge in [0.1, 0.15) is 17.5 Å². The average molecular weight is 403 g/mol. The molecule has 0 saturated carbocycles. The Balaban J connectivity index is 2.17. The van der Waals surface area contributed by atoms with Crippen LogP contribution < -0.4 is 5.32 Å². The van der Waals surface area contributed by atoms with Crippen molar-refractivity contribution in [2.45, 2.75) is 24.0 Å². The summed E-state index contributed by atoms with van der Waals surface area (Å²) in [6.45, 7) is 2.08. The fourth-order valence-electron chi connectivity index (χ4n) is 1.71. The lowest BCUT2D eigenvalue weighted by Gasteiger charge is -2.10. The number of nitrogens with zero attached hydrogens (tertiary/aromatic N) is 2. The van der Waals surface area contributed by atoms with E-state index in [4.69, 9.17) is 0 Å². The average Bonchev–Trinajstić information content (AvgIpc) is 2.46. The van der Waals surface area contributed by atoms with Crippen LogP contribution in [0.15, 0.2) is 29.2 Å². The molecule has 6 heteroatoms. The second-order valence-electron chi connectivity index (χ2n) is 4.10. The largest absolute Gasteiger partial charge is 0.372 e. The molecule has 0 saturated heterocycles. The number of aryl methyl sites for hydroxylation is 1. The Kier molecular flexibility index (Phi) is 5.59. The van der Waals surface area contributed by atoms with Gasteiger partial charge in [0.15, 0.2) is 0 Å². The van der Waals surface area contributed by atoms with E-state index in [-0.39, 0.29) is 5.82 Å². The molecule has 1 aromatic carbocycles. The molecule has 0 atom stereocenters. The van der Waals surface area contributed by atoms with Crippen LogP contribution in [-0.2, 0) is 12.2 Å². The fourth-order valence-corrected chi connectivity index (χ4v) is 3.40. The second-order valence-corrected chi connectivity index (χ2v) is 6.23. The zero-order valence-corrected chi connectivity index (χ0v) is 14.3. The van der Waals surface area contributed by atoms with Crippen molar-refractivity contribution in [3.05, 3.63) is 45.2 Å². The van der Waals surface area contributed by atoms with Gasteiger partial charge in [0.2, 0.25) is 0 Å². The molecule has 0 aliphatic heterocycles. The number of rotatable bonds is 5. The first-order valence-electron chi connectivity index (χ1n) is 6.25. The number of hydrogen-bond donors (Lipinski definition) is 1. The van der Waals surface area contributed by atoms with E-state index in [1.54, 1.807) is 6.07 Å².